The van der Waals surface area contributed by atoms with Crippen molar-refractivity contribution < 1.29 is 9.63 Å². The number of anilines is 1. The van der Waals surface area contributed by atoms with Crippen molar-refractivity contribution in [2.24, 2.45) is 7.05 Å². The summed E-state index contributed by atoms with van der Waals surface area (Å²) in [7, 11) is 1.68. The monoisotopic (exact) mass is 390 g/mol. The van der Waals surface area contributed by atoms with Gasteiger partial charge in [0.2, 0.25) is 5.95 Å². The number of benzene rings is 1. The lowest BCUT2D eigenvalue weighted by molar-refractivity contribution is 0.112. The summed E-state index contributed by atoms with van der Waals surface area (Å²) in [6.45, 7) is 3.28. The fourth-order valence-corrected chi connectivity index (χ4v) is 2.98. The summed E-state index contributed by atoms with van der Waals surface area (Å²) in [5.74, 6) is 6.76. The van der Waals surface area contributed by atoms with Gasteiger partial charge in [-0.2, -0.15) is 4.98 Å². The third-order valence-corrected chi connectivity index (χ3v) is 4.52. The number of aliphatic hydroxyl groups is 1. The van der Waals surface area contributed by atoms with Gasteiger partial charge >= 0.3 is 5.69 Å². The van der Waals surface area contributed by atoms with Crippen LogP contribution in [0.25, 0.3) is 16.9 Å². The number of aryl methyl sites for hydroxylation is 2. The molecule has 0 aliphatic heterocycles. The van der Waals surface area contributed by atoms with E-state index >= 15 is 0 Å². The Kier molecular flexibility index (Phi) is 4.21. The van der Waals surface area contributed by atoms with E-state index in [0.29, 0.717) is 33.9 Å². The van der Waals surface area contributed by atoms with Gasteiger partial charge in [-0.25, -0.2) is 14.3 Å². The van der Waals surface area contributed by atoms with Gasteiger partial charge in [0.05, 0.1) is 11.0 Å². The van der Waals surface area contributed by atoms with Crippen molar-refractivity contribution in [3.05, 3.63) is 64.0 Å². The highest BCUT2D eigenvalue weighted by atomic mass is 16.5. The van der Waals surface area contributed by atoms with Crippen LogP contribution in [0, 0.1) is 18.8 Å². The fraction of sp³-hybridized carbons (Fsp3) is 0.200. The molecule has 1 aromatic carbocycles. The van der Waals surface area contributed by atoms with Crippen molar-refractivity contribution in [2.75, 3.05) is 5.73 Å². The molecule has 4 aromatic rings. The van der Waals surface area contributed by atoms with Gasteiger partial charge in [0.15, 0.2) is 5.60 Å². The summed E-state index contributed by atoms with van der Waals surface area (Å²) < 4.78 is 7.97. The number of hydrogen-bond donors (Lipinski definition) is 2. The highest BCUT2D eigenvalue weighted by Gasteiger charge is 2.24. The molecule has 9 heteroatoms. The van der Waals surface area contributed by atoms with Crippen molar-refractivity contribution in [1.82, 2.24) is 24.3 Å². The van der Waals surface area contributed by atoms with E-state index in [2.05, 4.69) is 27.0 Å². The minimum atomic E-state index is -1.48. The number of rotatable bonds is 2. The minimum Gasteiger partial charge on any atom is -0.372 e. The molecule has 1 unspecified atom stereocenters. The number of imidazole rings is 1. The Labute approximate surface area is 165 Å². The topological polar surface area (TPSA) is 125 Å². The number of aromatic nitrogens is 5. The highest BCUT2D eigenvalue weighted by molar-refractivity contribution is 5.79. The smallest absolute Gasteiger partial charge is 0.334 e. The van der Waals surface area contributed by atoms with Gasteiger partial charge in [-0.1, -0.05) is 17.0 Å². The lowest BCUT2D eigenvalue weighted by Gasteiger charge is -2.11. The van der Waals surface area contributed by atoms with E-state index in [4.69, 9.17) is 10.3 Å². The fourth-order valence-electron chi connectivity index (χ4n) is 2.98. The van der Waals surface area contributed by atoms with Crippen molar-refractivity contribution in [1.29, 1.82) is 0 Å². The van der Waals surface area contributed by atoms with Gasteiger partial charge in [-0.05, 0) is 32.0 Å². The Morgan fingerprint density at radius 1 is 1.24 bits per heavy atom. The van der Waals surface area contributed by atoms with E-state index in [0.717, 1.165) is 0 Å². The summed E-state index contributed by atoms with van der Waals surface area (Å²) in [5, 5.41) is 14.4. The predicted molar refractivity (Wildman–Crippen MR) is 106 cm³/mol. The van der Waals surface area contributed by atoms with E-state index in [1.807, 2.05) is 0 Å². The first kappa shape index (κ1) is 18.5. The molecule has 0 spiro atoms. The maximum atomic E-state index is 12.7. The molecule has 3 heterocycles. The molecule has 0 radical (unpaired) electrons. The Morgan fingerprint density at radius 2 is 2.03 bits per heavy atom. The molecule has 4 rings (SSSR count). The summed E-state index contributed by atoms with van der Waals surface area (Å²) in [6.07, 6.45) is 1.49. The molecule has 0 fully saturated rings. The lowest BCUT2D eigenvalue weighted by Crippen LogP contribution is -2.21. The SMILES string of the molecule is Cc1cc(C(C)(O)C#Cc2ccc3c(c2)n(-c2ccnc(N)n2)c(=O)n3C)no1. The van der Waals surface area contributed by atoms with Crippen molar-refractivity contribution in [3.8, 4) is 17.7 Å². The number of nitrogens with two attached hydrogens (primary N) is 1. The van der Waals surface area contributed by atoms with E-state index in [-0.39, 0.29) is 11.6 Å². The maximum absolute atomic E-state index is 12.7. The Balaban J connectivity index is 1.83. The highest BCUT2D eigenvalue weighted by Crippen LogP contribution is 2.21. The molecule has 146 valence electrons. The standard InChI is InChI=1S/C20H18N6O3/c1-12-10-16(24-29-12)20(2,28)8-6-13-4-5-14-15(11-13)26(19(27)25(14)3)17-7-9-22-18(21)23-17/h4-5,7,9-11,28H,1-3H3,(H2,21,22,23). The van der Waals surface area contributed by atoms with Crippen molar-refractivity contribution in [3.63, 3.8) is 0 Å². The third-order valence-electron chi connectivity index (χ3n) is 4.52. The first-order chi connectivity index (χ1) is 13.8. The van der Waals surface area contributed by atoms with Crippen LogP contribution in [0.2, 0.25) is 0 Å². The van der Waals surface area contributed by atoms with Crippen LogP contribution in [0.15, 0.2) is 45.8 Å². The van der Waals surface area contributed by atoms with Crippen LogP contribution in [-0.2, 0) is 12.6 Å². The zero-order valence-corrected chi connectivity index (χ0v) is 16.0. The third kappa shape index (κ3) is 3.26. The van der Waals surface area contributed by atoms with Gasteiger partial charge in [0.1, 0.15) is 17.3 Å². The van der Waals surface area contributed by atoms with Gasteiger partial charge < -0.3 is 15.4 Å². The molecule has 0 saturated carbocycles. The van der Waals surface area contributed by atoms with Crippen LogP contribution in [0.4, 0.5) is 5.95 Å². The van der Waals surface area contributed by atoms with Crippen molar-refractivity contribution >= 4 is 17.0 Å². The van der Waals surface area contributed by atoms with E-state index in [9.17, 15) is 9.90 Å². The second kappa shape index (κ2) is 6.61. The number of fused-ring (bicyclic) bond motifs is 1. The lowest BCUT2D eigenvalue weighted by atomic mass is 10.0. The maximum Gasteiger partial charge on any atom is 0.334 e. The van der Waals surface area contributed by atoms with Gasteiger partial charge in [-0.15, -0.1) is 0 Å². The summed E-state index contributed by atoms with van der Waals surface area (Å²) in [5.41, 5.74) is 6.18. The molecule has 0 saturated heterocycles. The van der Waals surface area contributed by atoms with Crippen LogP contribution in [0.5, 0.6) is 0 Å². The van der Waals surface area contributed by atoms with Gasteiger partial charge in [-0.3, -0.25) is 4.57 Å². The first-order valence-electron chi connectivity index (χ1n) is 8.76. The molecule has 3 aromatic heterocycles. The van der Waals surface area contributed by atoms with E-state index in [1.165, 1.54) is 22.3 Å². The normalized spacial score (nSPS) is 13.1. The quantitative estimate of drug-likeness (QED) is 0.494. The summed E-state index contributed by atoms with van der Waals surface area (Å²) in [6, 6.07) is 8.56. The molecule has 3 N–H and O–H groups in total. The van der Waals surface area contributed by atoms with Gasteiger partial charge in [0.25, 0.3) is 0 Å². The Bertz CT molecular complexity index is 1350. The summed E-state index contributed by atoms with van der Waals surface area (Å²) >= 11 is 0. The molecule has 0 amide bonds. The number of nitrogen functional groups attached to an aromatic ring is 1. The Morgan fingerprint density at radius 3 is 2.72 bits per heavy atom. The molecular formula is C20H18N6O3. The second-order valence-corrected chi connectivity index (χ2v) is 6.80. The predicted octanol–water partition coefficient (Wildman–Crippen LogP) is 1.26. The molecule has 0 bridgehead atoms. The molecule has 0 aliphatic rings. The molecular weight excluding hydrogens is 372 g/mol. The minimum absolute atomic E-state index is 0.0706. The zero-order chi connectivity index (χ0) is 20.8. The Hall–Kier alpha value is -3.90. The van der Waals surface area contributed by atoms with E-state index in [1.54, 1.807) is 44.3 Å². The molecule has 1 atom stereocenters. The first-order valence-corrected chi connectivity index (χ1v) is 8.76. The van der Waals surface area contributed by atoms with Crippen LogP contribution >= 0.6 is 0 Å². The van der Waals surface area contributed by atoms with Crippen molar-refractivity contribution in [2.45, 2.75) is 19.4 Å². The van der Waals surface area contributed by atoms with Gasteiger partial charge in [0, 0.05) is 30.9 Å². The average Bonchev–Trinajstić information content (AvgIpc) is 3.23. The molecule has 0 aliphatic carbocycles. The largest absolute Gasteiger partial charge is 0.372 e. The van der Waals surface area contributed by atoms with Crippen LogP contribution in [0.1, 0.15) is 23.9 Å². The molecule has 29 heavy (non-hydrogen) atoms. The number of hydrogen-bond acceptors (Lipinski definition) is 7. The van der Waals surface area contributed by atoms with Crippen LogP contribution in [0.3, 0.4) is 0 Å². The second-order valence-electron chi connectivity index (χ2n) is 6.80. The van der Waals surface area contributed by atoms with Crippen LogP contribution < -0.4 is 11.4 Å². The average molecular weight is 390 g/mol. The van der Waals surface area contributed by atoms with E-state index < -0.39 is 5.60 Å². The zero-order valence-electron chi connectivity index (χ0n) is 16.0. The number of nitrogens with zero attached hydrogens (tertiary/aromatic N) is 5. The summed E-state index contributed by atoms with van der Waals surface area (Å²) in [4.78, 5) is 20.8. The van der Waals surface area contributed by atoms with Crippen LogP contribution in [-0.4, -0.2) is 29.4 Å². The molecule has 9 nitrogen and oxygen atoms in total.